The first-order valence-electron chi connectivity index (χ1n) is 3.77. The zero-order valence-electron chi connectivity index (χ0n) is 8.55. The normalized spacial score (nSPS) is 12.1. The zero-order chi connectivity index (χ0) is 8.15. The van der Waals surface area contributed by atoms with Crippen LogP contribution in [0.3, 0.4) is 0 Å². The van der Waals surface area contributed by atoms with Crippen molar-refractivity contribution in [1.29, 1.82) is 0 Å². The summed E-state index contributed by atoms with van der Waals surface area (Å²) in [6.45, 7) is 10.7. The first-order valence-corrected chi connectivity index (χ1v) is 4.74. The molecule has 0 aliphatic carbocycles. The number of nitrogens with zero attached hydrogens (tertiary/aromatic N) is 1. The summed E-state index contributed by atoms with van der Waals surface area (Å²) in [6, 6.07) is 0.450. The Morgan fingerprint density at radius 3 is 1.91 bits per heavy atom. The van der Waals surface area contributed by atoms with Crippen LogP contribution in [-0.2, 0) is 0 Å². The van der Waals surface area contributed by atoms with Gasteiger partial charge in [-0.05, 0) is 5.66 Å². The fraction of sp³-hybridized carbons (Fsp3) is 0.875. The van der Waals surface area contributed by atoms with E-state index < -0.39 is 0 Å². The van der Waals surface area contributed by atoms with E-state index in [0.717, 1.165) is 0 Å². The van der Waals surface area contributed by atoms with Crippen molar-refractivity contribution in [2.24, 2.45) is 0 Å². The Hall–Kier alpha value is 0.727. The monoisotopic (exact) mass is 165 g/mol. The second-order valence-corrected chi connectivity index (χ2v) is 4.93. The van der Waals surface area contributed by atoms with Crippen molar-refractivity contribution in [3.8, 4) is 0 Å². The van der Waals surface area contributed by atoms with Crippen LogP contribution in [0.1, 0.15) is 34.6 Å². The van der Waals surface area contributed by atoms with Gasteiger partial charge in [-0.15, -0.1) is 14.2 Å². The molecule has 0 rings (SSSR count). The smallest absolute Gasteiger partial charge is 0.632 e. The van der Waals surface area contributed by atoms with Crippen LogP contribution in [0.2, 0.25) is 0 Å². The Labute approximate surface area is 84.3 Å². The summed E-state index contributed by atoms with van der Waals surface area (Å²) < 4.78 is 0. The van der Waals surface area contributed by atoms with Crippen LogP contribution in [0, 0.1) is 0 Å². The quantitative estimate of drug-likeness (QED) is 0.421. The van der Waals surface area contributed by atoms with Gasteiger partial charge in [-0.25, -0.2) is 0 Å². The molecule has 0 amide bonds. The van der Waals surface area contributed by atoms with Crippen molar-refractivity contribution in [3.63, 3.8) is 0 Å². The van der Waals surface area contributed by atoms with Gasteiger partial charge in [0.2, 0.25) is 0 Å². The molecule has 1 nitrogen and oxygen atoms in total. The Bertz CT molecular complexity index is 121. The fourth-order valence-corrected chi connectivity index (χ4v) is 1.83. The summed E-state index contributed by atoms with van der Waals surface area (Å²) in [5, 5.41) is 4.42. The Morgan fingerprint density at radius 1 is 1.18 bits per heavy atom. The maximum absolute atomic E-state index is 4.42. The Morgan fingerprint density at radius 2 is 1.64 bits per heavy atom. The molecule has 0 spiro atoms. The molecule has 0 aromatic carbocycles. The summed E-state index contributed by atoms with van der Waals surface area (Å²) in [7, 11) is 1.37. The summed E-state index contributed by atoms with van der Waals surface area (Å²) in [6.07, 6.45) is 0. The van der Waals surface area contributed by atoms with Gasteiger partial charge in [-0.2, -0.15) is 5.42 Å². The number of rotatable bonds is 3. The molecule has 0 aliphatic heterocycles. The van der Waals surface area contributed by atoms with Gasteiger partial charge < -0.3 is 5.32 Å². The first-order chi connectivity index (χ1) is 4.52. The van der Waals surface area contributed by atoms with Gasteiger partial charge in [0.1, 0.15) is 0 Å². The maximum Gasteiger partial charge on any atom is 1.00 e. The van der Waals surface area contributed by atoms with Gasteiger partial charge in [0, 0.05) is 0 Å². The summed E-state index contributed by atoms with van der Waals surface area (Å²) >= 11 is 0. The second-order valence-electron chi connectivity index (χ2n) is 2.99. The largest absolute Gasteiger partial charge is 1.00 e. The van der Waals surface area contributed by atoms with Crippen LogP contribution in [0.15, 0.2) is 0 Å². The number of hydrogen-bond acceptors (Lipinski definition) is 0. The predicted molar refractivity (Wildman–Crippen MR) is 51.2 cm³/mol. The van der Waals surface area contributed by atoms with E-state index in [1.807, 2.05) is 0 Å². The molecule has 0 atom stereocenters. The molecular weight excluding hydrogens is 148 g/mol. The predicted octanol–water partition coefficient (Wildman–Crippen LogP) is 0.277. The molecule has 0 saturated carbocycles. The van der Waals surface area contributed by atoms with Crippen molar-refractivity contribution in [1.82, 2.24) is 0 Å². The van der Waals surface area contributed by atoms with Crippen molar-refractivity contribution in [2.45, 2.75) is 46.3 Å². The molecule has 0 saturated heterocycles. The Kier molecular flexibility index (Phi) is 9.57. The van der Waals surface area contributed by atoms with E-state index in [0.29, 0.717) is 11.7 Å². The molecule has 0 bridgehead atoms. The first kappa shape index (κ1) is 14.3. The third-order valence-electron chi connectivity index (χ3n) is 0.890. The molecule has 0 unspecified atom stereocenters. The van der Waals surface area contributed by atoms with Gasteiger partial charge in [0.05, 0.1) is 0 Å². The average Bonchev–Trinajstić information content (AvgIpc) is 1.58. The molecule has 60 valence electrons. The van der Waals surface area contributed by atoms with Crippen LogP contribution >= 0.6 is 8.20 Å². The van der Waals surface area contributed by atoms with Crippen molar-refractivity contribution in [2.75, 3.05) is 0 Å². The van der Waals surface area contributed by atoms with E-state index >= 15 is 0 Å². The minimum atomic E-state index is 0. The molecule has 0 aliphatic rings. The average molecular weight is 165 g/mol. The molecule has 0 N–H and O–H groups in total. The molecule has 3 heteroatoms. The van der Waals surface area contributed by atoms with E-state index in [2.05, 4.69) is 39.9 Å². The molecule has 0 aromatic heterocycles. The molecule has 0 aromatic rings. The van der Waals surface area contributed by atoms with E-state index in [-0.39, 0.29) is 18.9 Å². The minimum absolute atomic E-state index is 0. The molecular formula is C8H17LiNP. The SMILES string of the molecule is CC([N-]C(C)C)=PC(C)C.[Li+]. The minimum Gasteiger partial charge on any atom is -0.632 e. The van der Waals surface area contributed by atoms with Gasteiger partial charge in [-0.1, -0.05) is 34.6 Å². The topological polar surface area (TPSA) is 14.1 Å². The Balaban J connectivity index is 0. The van der Waals surface area contributed by atoms with Crippen molar-refractivity contribution >= 4 is 13.6 Å². The van der Waals surface area contributed by atoms with E-state index in [9.17, 15) is 0 Å². The third-order valence-corrected chi connectivity index (χ3v) is 1.90. The van der Waals surface area contributed by atoms with Crippen molar-refractivity contribution in [3.05, 3.63) is 5.32 Å². The van der Waals surface area contributed by atoms with Crippen LogP contribution in [0.4, 0.5) is 0 Å². The van der Waals surface area contributed by atoms with Crippen molar-refractivity contribution < 1.29 is 18.9 Å². The molecule has 11 heavy (non-hydrogen) atoms. The summed E-state index contributed by atoms with van der Waals surface area (Å²) in [5.74, 6) is 0. The summed E-state index contributed by atoms with van der Waals surface area (Å²) in [4.78, 5) is 0. The third kappa shape index (κ3) is 10.7. The van der Waals surface area contributed by atoms with Gasteiger partial charge in [-0.3, -0.25) is 0 Å². The standard InChI is InChI=1S/C8H17NP.Li/c1-6(2)9-8(5)10-7(3)4;/h6-7H,1-5H3;/q-1;+1. The molecule has 0 heterocycles. The van der Waals surface area contributed by atoms with Crippen LogP contribution < -0.4 is 18.9 Å². The van der Waals surface area contributed by atoms with Crippen LogP contribution in [0.25, 0.3) is 5.32 Å². The van der Waals surface area contributed by atoms with Gasteiger partial charge in [0.25, 0.3) is 0 Å². The van der Waals surface area contributed by atoms with Gasteiger partial charge >= 0.3 is 18.9 Å². The molecule has 0 fully saturated rings. The number of hydrogen-bond donors (Lipinski definition) is 0. The van der Waals surface area contributed by atoms with E-state index in [1.54, 1.807) is 0 Å². The van der Waals surface area contributed by atoms with E-state index in [1.165, 1.54) is 13.6 Å². The summed E-state index contributed by atoms with van der Waals surface area (Å²) in [5.41, 5.74) is 1.97. The zero-order valence-corrected chi connectivity index (χ0v) is 9.44. The molecule has 0 radical (unpaired) electrons. The van der Waals surface area contributed by atoms with Crippen LogP contribution in [-0.4, -0.2) is 17.1 Å². The van der Waals surface area contributed by atoms with Gasteiger partial charge in [0.15, 0.2) is 0 Å². The van der Waals surface area contributed by atoms with Crippen LogP contribution in [0.5, 0.6) is 0 Å². The second kappa shape index (κ2) is 7.38. The van der Waals surface area contributed by atoms with E-state index in [4.69, 9.17) is 0 Å². The fourth-order valence-electron chi connectivity index (χ4n) is 0.781. The maximum atomic E-state index is 4.42.